The molecule has 0 aliphatic rings. The second-order valence-electron chi connectivity index (χ2n) is 5.07. The number of benzene rings is 2. The molecule has 1 aromatic heterocycles. The van der Waals surface area contributed by atoms with Crippen LogP contribution in [0.2, 0.25) is 0 Å². The Kier molecular flexibility index (Phi) is 4.85. The number of imidazole rings is 1. The van der Waals surface area contributed by atoms with E-state index >= 15 is 0 Å². The number of carbonyl (C=O) groups excluding carboxylic acids is 1. The molecule has 0 spiro atoms. The number of hydrogen-bond donors (Lipinski definition) is 2. The molecule has 0 aliphatic heterocycles. The molecule has 0 atom stereocenters. The van der Waals surface area contributed by atoms with Gasteiger partial charge in [-0.1, -0.05) is 11.8 Å². The van der Waals surface area contributed by atoms with E-state index in [2.05, 4.69) is 15.3 Å². The molecule has 1 heterocycles. The molecule has 3 rings (SSSR count). The van der Waals surface area contributed by atoms with Crippen molar-refractivity contribution in [3.63, 3.8) is 0 Å². The van der Waals surface area contributed by atoms with E-state index in [-0.39, 0.29) is 17.3 Å². The van der Waals surface area contributed by atoms with Crippen molar-refractivity contribution >= 4 is 40.1 Å². The van der Waals surface area contributed by atoms with Gasteiger partial charge in [0.25, 0.3) is 5.69 Å². The van der Waals surface area contributed by atoms with Crippen molar-refractivity contribution in [1.82, 2.24) is 9.97 Å². The minimum atomic E-state index is -0.488. The highest BCUT2D eigenvalue weighted by atomic mass is 32.2. The number of aromatic amines is 1. The predicted molar refractivity (Wildman–Crippen MR) is 95.1 cm³/mol. The van der Waals surface area contributed by atoms with Crippen LogP contribution in [0.25, 0.3) is 11.0 Å². The number of non-ortho nitro benzene ring substituents is 1. The van der Waals surface area contributed by atoms with Crippen molar-refractivity contribution in [1.29, 1.82) is 0 Å². The van der Waals surface area contributed by atoms with Gasteiger partial charge >= 0.3 is 0 Å². The Morgan fingerprint density at radius 3 is 2.76 bits per heavy atom. The molecule has 0 saturated carbocycles. The smallest absolute Gasteiger partial charge is 0.269 e. The Morgan fingerprint density at radius 2 is 2.08 bits per heavy atom. The molecule has 2 aromatic carbocycles. The average molecular weight is 358 g/mol. The van der Waals surface area contributed by atoms with Gasteiger partial charge in [0.2, 0.25) is 5.91 Å². The monoisotopic (exact) mass is 358 g/mol. The Hall–Kier alpha value is -3.07. The number of methoxy groups -OCH3 is 1. The van der Waals surface area contributed by atoms with Gasteiger partial charge in [-0.15, -0.1) is 0 Å². The fraction of sp³-hybridized carbons (Fsp3) is 0.125. The summed E-state index contributed by atoms with van der Waals surface area (Å²) in [5.41, 5.74) is 2.10. The SMILES string of the molecule is COc1ccc2nc(SCC(=O)Nc3ccc([N+](=O)[O-])cc3)[nH]c2c1. The third-order valence-electron chi connectivity index (χ3n) is 3.37. The van der Waals surface area contributed by atoms with Crippen molar-refractivity contribution < 1.29 is 14.5 Å². The van der Waals surface area contributed by atoms with Crippen molar-refractivity contribution in [2.75, 3.05) is 18.2 Å². The van der Waals surface area contributed by atoms with Gasteiger partial charge < -0.3 is 15.0 Å². The van der Waals surface area contributed by atoms with Crippen molar-refractivity contribution in [3.8, 4) is 5.75 Å². The largest absolute Gasteiger partial charge is 0.497 e. The molecule has 0 aliphatic carbocycles. The number of carbonyl (C=O) groups is 1. The maximum Gasteiger partial charge on any atom is 0.269 e. The first-order valence-electron chi connectivity index (χ1n) is 7.26. The minimum Gasteiger partial charge on any atom is -0.497 e. The van der Waals surface area contributed by atoms with Gasteiger partial charge in [-0.25, -0.2) is 4.98 Å². The number of thioether (sulfide) groups is 1. The lowest BCUT2D eigenvalue weighted by Gasteiger charge is -2.03. The Morgan fingerprint density at radius 1 is 1.32 bits per heavy atom. The third kappa shape index (κ3) is 4.07. The van der Waals surface area contributed by atoms with E-state index in [4.69, 9.17) is 4.74 Å². The number of H-pyrrole nitrogens is 1. The van der Waals surface area contributed by atoms with Crippen molar-refractivity contribution in [2.45, 2.75) is 5.16 Å². The van der Waals surface area contributed by atoms with Gasteiger partial charge in [0.1, 0.15) is 5.75 Å². The number of nitro groups is 1. The maximum atomic E-state index is 12.0. The van der Waals surface area contributed by atoms with Crippen molar-refractivity contribution in [2.24, 2.45) is 0 Å². The summed E-state index contributed by atoms with van der Waals surface area (Å²) in [4.78, 5) is 29.6. The van der Waals surface area contributed by atoms with Crippen LogP contribution >= 0.6 is 11.8 Å². The van der Waals surface area contributed by atoms with Gasteiger partial charge in [0.15, 0.2) is 5.16 Å². The number of nitro benzene ring substituents is 1. The third-order valence-corrected chi connectivity index (χ3v) is 4.24. The van der Waals surface area contributed by atoms with Crippen LogP contribution in [0, 0.1) is 10.1 Å². The topological polar surface area (TPSA) is 110 Å². The number of anilines is 1. The molecule has 9 heteroatoms. The molecule has 2 N–H and O–H groups in total. The van der Waals surface area contributed by atoms with Crippen molar-refractivity contribution in [3.05, 3.63) is 52.6 Å². The molecule has 0 fully saturated rings. The first-order chi connectivity index (χ1) is 12.0. The highest BCUT2D eigenvalue weighted by Crippen LogP contribution is 2.23. The first-order valence-corrected chi connectivity index (χ1v) is 8.24. The molecular formula is C16H14N4O4S. The Labute approximate surface area is 146 Å². The van der Waals surface area contributed by atoms with Crippen LogP contribution in [0.15, 0.2) is 47.6 Å². The van der Waals surface area contributed by atoms with Crippen LogP contribution in [-0.2, 0) is 4.79 Å². The second-order valence-corrected chi connectivity index (χ2v) is 6.03. The zero-order valence-corrected chi connectivity index (χ0v) is 14.0. The first kappa shape index (κ1) is 16.8. The number of hydrogen-bond acceptors (Lipinski definition) is 6. The summed E-state index contributed by atoms with van der Waals surface area (Å²) < 4.78 is 5.16. The van der Waals surface area contributed by atoms with Crippen LogP contribution in [-0.4, -0.2) is 33.7 Å². The number of fused-ring (bicyclic) bond motifs is 1. The highest BCUT2D eigenvalue weighted by molar-refractivity contribution is 7.99. The highest BCUT2D eigenvalue weighted by Gasteiger charge is 2.09. The van der Waals surface area contributed by atoms with Gasteiger partial charge in [0.05, 0.1) is 28.8 Å². The average Bonchev–Trinajstić information content (AvgIpc) is 3.02. The fourth-order valence-corrected chi connectivity index (χ4v) is 2.84. The molecule has 0 bridgehead atoms. The Balaban J connectivity index is 1.59. The molecule has 0 saturated heterocycles. The standard InChI is InChI=1S/C16H14N4O4S/c1-24-12-6-7-13-14(8-12)19-16(18-13)25-9-15(21)17-10-2-4-11(5-3-10)20(22)23/h2-8H,9H2,1H3,(H,17,21)(H,18,19). The summed E-state index contributed by atoms with van der Waals surface area (Å²) in [5.74, 6) is 0.661. The summed E-state index contributed by atoms with van der Waals surface area (Å²) >= 11 is 1.27. The van der Waals surface area contributed by atoms with Gasteiger partial charge in [-0.2, -0.15) is 0 Å². The van der Waals surface area contributed by atoms with Gasteiger partial charge in [0, 0.05) is 23.9 Å². The second kappa shape index (κ2) is 7.22. The van der Waals surface area contributed by atoms with E-state index in [1.54, 1.807) is 7.11 Å². The number of aromatic nitrogens is 2. The molecule has 8 nitrogen and oxygen atoms in total. The lowest BCUT2D eigenvalue weighted by Crippen LogP contribution is -2.14. The fourth-order valence-electron chi connectivity index (χ4n) is 2.16. The van der Waals surface area contributed by atoms with Crippen LogP contribution < -0.4 is 10.1 Å². The number of nitrogens with one attached hydrogen (secondary N) is 2. The zero-order valence-electron chi connectivity index (χ0n) is 13.2. The van der Waals surface area contributed by atoms with Gasteiger partial charge in [-0.3, -0.25) is 14.9 Å². The molecule has 3 aromatic rings. The van der Waals surface area contributed by atoms with Gasteiger partial charge in [-0.05, 0) is 24.3 Å². The molecule has 25 heavy (non-hydrogen) atoms. The molecule has 0 unspecified atom stereocenters. The zero-order chi connectivity index (χ0) is 17.8. The summed E-state index contributed by atoms with van der Waals surface area (Å²) in [6, 6.07) is 11.2. The van der Waals surface area contributed by atoms with E-state index in [0.717, 1.165) is 16.8 Å². The molecule has 0 radical (unpaired) electrons. The lowest BCUT2D eigenvalue weighted by atomic mass is 10.3. The summed E-state index contributed by atoms with van der Waals surface area (Å²) in [7, 11) is 1.59. The summed E-state index contributed by atoms with van der Waals surface area (Å²) in [6.45, 7) is 0. The number of amides is 1. The Bertz CT molecular complexity index is 924. The molecular weight excluding hydrogens is 344 g/mol. The number of rotatable bonds is 6. The quantitative estimate of drug-likeness (QED) is 0.398. The van der Waals surface area contributed by atoms with Crippen LogP contribution in [0.1, 0.15) is 0 Å². The number of nitrogens with zero attached hydrogens (tertiary/aromatic N) is 2. The summed E-state index contributed by atoms with van der Waals surface area (Å²) in [6.07, 6.45) is 0. The maximum absolute atomic E-state index is 12.0. The molecule has 1 amide bonds. The lowest BCUT2D eigenvalue weighted by molar-refractivity contribution is -0.384. The minimum absolute atomic E-state index is 0.0231. The van der Waals surface area contributed by atoms with Crippen LogP contribution in [0.5, 0.6) is 5.75 Å². The van der Waals surface area contributed by atoms with E-state index in [0.29, 0.717) is 10.8 Å². The van der Waals surface area contributed by atoms with E-state index in [9.17, 15) is 14.9 Å². The molecule has 128 valence electrons. The van der Waals surface area contributed by atoms with Crippen LogP contribution in [0.4, 0.5) is 11.4 Å². The van der Waals surface area contributed by atoms with E-state index < -0.39 is 4.92 Å². The number of ether oxygens (including phenoxy) is 1. The van der Waals surface area contributed by atoms with Crippen LogP contribution in [0.3, 0.4) is 0 Å². The van der Waals surface area contributed by atoms with E-state index in [1.165, 1.54) is 36.0 Å². The van der Waals surface area contributed by atoms with E-state index in [1.807, 2.05) is 18.2 Å². The normalized spacial score (nSPS) is 10.6. The predicted octanol–water partition coefficient (Wildman–Crippen LogP) is 3.21. The summed E-state index contributed by atoms with van der Waals surface area (Å²) in [5, 5.41) is 13.9.